The van der Waals surface area contributed by atoms with Crippen LogP contribution in [0.3, 0.4) is 0 Å². The van der Waals surface area contributed by atoms with Crippen LogP contribution in [0.15, 0.2) is 60.8 Å². The summed E-state index contributed by atoms with van der Waals surface area (Å²) in [5, 5.41) is 1.16. The third kappa shape index (κ3) is 3.16. The molecule has 1 aromatic heterocycles. The van der Waals surface area contributed by atoms with Crippen LogP contribution in [0, 0.1) is 0 Å². The van der Waals surface area contributed by atoms with E-state index in [1.165, 1.54) is 0 Å². The molecule has 3 rings (SSSR count). The molecule has 3 aromatic rings. The average Bonchev–Trinajstić information content (AvgIpc) is 2.99. The van der Waals surface area contributed by atoms with E-state index in [0.717, 1.165) is 16.6 Å². The first kappa shape index (κ1) is 15.0. The van der Waals surface area contributed by atoms with Crippen molar-refractivity contribution in [3.63, 3.8) is 0 Å². The molecule has 0 bridgehead atoms. The molecule has 1 heterocycles. The molecule has 0 aliphatic rings. The highest BCUT2D eigenvalue weighted by Crippen LogP contribution is 2.20. The molecular weight excluding hydrogens is 290 g/mol. The Morgan fingerprint density at radius 2 is 1.74 bits per heavy atom. The zero-order chi connectivity index (χ0) is 16.2. The van der Waals surface area contributed by atoms with Crippen molar-refractivity contribution in [3.8, 4) is 5.69 Å². The maximum absolute atomic E-state index is 12.0. The van der Waals surface area contributed by atoms with Gasteiger partial charge in [0.25, 0.3) is 0 Å². The maximum atomic E-state index is 12.0. The van der Waals surface area contributed by atoms with Gasteiger partial charge in [0, 0.05) is 17.4 Å². The summed E-state index contributed by atoms with van der Waals surface area (Å²) in [5.41, 5.74) is 2.59. The molecule has 4 nitrogen and oxygen atoms in total. The summed E-state index contributed by atoms with van der Waals surface area (Å²) in [5.74, 6) is -0.717. The lowest BCUT2D eigenvalue weighted by atomic mass is 10.1. The van der Waals surface area contributed by atoms with Crippen LogP contribution >= 0.6 is 0 Å². The van der Waals surface area contributed by atoms with E-state index in [9.17, 15) is 9.59 Å². The summed E-state index contributed by atoms with van der Waals surface area (Å²) < 4.78 is 6.87. The van der Waals surface area contributed by atoms with Gasteiger partial charge < -0.3 is 9.30 Å². The highest BCUT2D eigenvalue weighted by atomic mass is 16.5. The van der Waals surface area contributed by atoms with E-state index in [0.29, 0.717) is 5.56 Å². The van der Waals surface area contributed by atoms with Gasteiger partial charge in [0.2, 0.25) is 0 Å². The molecule has 0 aliphatic heterocycles. The van der Waals surface area contributed by atoms with Crippen LogP contribution in [0.5, 0.6) is 0 Å². The molecule has 2 aromatic carbocycles. The van der Waals surface area contributed by atoms with Gasteiger partial charge in [-0.25, -0.2) is 0 Å². The SMILES string of the molecule is CCOC(=O)CC(=O)c1ccc(-n2ccc3ccccc32)cc1. The number of esters is 1. The second-order valence-electron chi connectivity index (χ2n) is 5.20. The van der Waals surface area contributed by atoms with E-state index in [4.69, 9.17) is 4.74 Å². The smallest absolute Gasteiger partial charge is 0.313 e. The Balaban J connectivity index is 1.82. The van der Waals surface area contributed by atoms with Gasteiger partial charge in [0.05, 0.1) is 12.1 Å². The first-order chi connectivity index (χ1) is 11.2. The Kier molecular flexibility index (Phi) is 4.24. The summed E-state index contributed by atoms with van der Waals surface area (Å²) in [6.07, 6.45) is 1.78. The molecule has 0 atom stereocenters. The second-order valence-corrected chi connectivity index (χ2v) is 5.20. The molecule has 0 radical (unpaired) electrons. The van der Waals surface area contributed by atoms with Crippen LogP contribution in [0.1, 0.15) is 23.7 Å². The number of hydrogen-bond donors (Lipinski definition) is 0. The Hall–Kier alpha value is -2.88. The Morgan fingerprint density at radius 3 is 2.48 bits per heavy atom. The minimum absolute atomic E-state index is 0.223. The molecule has 0 unspecified atom stereocenters. The molecule has 0 aliphatic carbocycles. The van der Waals surface area contributed by atoms with Crippen molar-refractivity contribution in [1.82, 2.24) is 4.57 Å². The standard InChI is InChI=1S/C19H17NO3/c1-2-23-19(22)13-18(21)15-7-9-16(10-8-15)20-12-11-14-5-3-4-6-17(14)20/h3-12H,2,13H2,1H3. The fourth-order valence-electron chi connectivity index (χ4n) is 2.56. The van der Waals surface area contributed by atoms with E-state index >= 15 is 0 Å². The molecule has 0 spiro atoms. The molecule has 0 amide bonds. The van der Waals surface area contributed by atoms with Gasteiger partial charge in [-0.15, -0.1) is 0 Å². The minimum atomic E-state index is -0.488. The predicted molar refractivity (Wildman–Crippen MR) is 88.9 cm³/mol. The molecule has 0 saturated carbocycles. The number of fused-ring (bicyclic) bond motifs is 1. The van der Waals surface area contributed by atoms with Crippen molar-refractivity contribution < 1.29 is 14.3 Å². The third-order valence-electron chi connectivity index (χ3n) is 3.68. The number of Topliss-reactive ketones (excluding diaryl/α,β-unsaturated/α-hetero) is 1. The van der Waals surface area contributed by atoms with E-state index in [1.807, 2.05) is 30.5 Å². The van der Waals surface area contributed by atoms with Crippen molar-refractivity contribution in [3.05, 3.63) is 66.4 Å². The fourth-order valence-corrected chi connectivity index (χ4v) is 2.56. The third-order valence-corrected chi connectivity index (χ3v) is 3.68. The summed E-state index contributed by atoms with van der Waals surface area (Å²) in [6, 6.07) is 17.4. The second kappa shape index (κ2) is 6.48. The Labute approximate surface area is 134 Å². The van der Waals surface area contributed by atoms with Crippen molar-refractivity contribution in [2.75, 3.05) is 6.61 Å². The van der Waals surface area contributed by atoms with Gasteiger partial charge in [0.1, 0.15) is 6.42 Å². The Bertz CT molecular complexity index is 846. The number of nitrogens with zero attached hydrogens (tertiary/aromatic N) is 1. The number of carbonyl (C=O) groups excluding carboxylic acids is 2. The highest BCUT2D eigenvalue weighted by Gasteiger charge is 2.12. The van der Waals surface area contributed by atoms with E-state index < -0.39 is 5.97 Å². The first-order valence-electron chi connectivity index (χ1n) is 7.54. The van der Waals surface area contributed by atoms with Crippen LogP contribution in [0.2, 0.25) is 0 Å². The summed E-state index contributed by atoms with van der Waals surface area (Å²) in [7, 11) is 0. The van der Waals surface area contributed by atoms with Gasteiger partial charge in [-0.3, -0.25) is 9.59 Å². The summed E-state index contributed by atoms with van der Waals surface area (Å²) in [4.78, 5) is 23.4. The molecule has 23 heavy (non-hydrogen) atoms. The van der Waals surface area contributed by atoms with E-state index in [-0.39, 0.29) is 18.8 Å². The molecule has 116 valence electrons. The lowest BCUT2D eigenvalue weighted by Crippen LogP contribution is -2.11. The lowest BCUT2D eigenvalue weighted by molar-refractivity contribution is -0.141. The topological polar surface area (TPSA) is 48.3 Å². The quantitative estimate of drug-likeness (QED) is 0.409. The first-order valence-corrected chi connectivity index (χ1v) is 7.54. The van der Waals surface area contributed by atoms with Crippen LogP contribution in [0.4, 0.5) is 0 Å². The normalized spacial score (nSPS) is 10.7. The maximum Gasteiger partial charge on any atom is 0.313 e. The number of ketones is 1. The predicted octanol–water partition coefficient (Wildman–Crippen LogP) is 3.77. The largest absolute Gasteiger partial charge is 0.466 e. The fraction of sp³-hybridized carbons (Fsp3) is 0.158. The number of hydrogen-bond acceptors (Lipinski definition) is 3. The van der Waals surface area contributed by atoms with Crippen LogP contribution < -0.4 is 0 Å². The number of ether oxygens (including phenoxy) is 1. The van der Waals surface area contributed by atoms with Crippen molar-refractivity contribution in [2.24, 2.45) is 0 Å². The van der Waals surface area contributed by atoms with Crippen LogP contribution in [0.25, 0.3) is 16.6 Å². The number of benzene rings is 2. The van der Waals surface area contributed by atoms with Gasteiger partial charge in [-0.2, -0.15) is 0 Å². The average molecular weight is 307 g/mol. The van der Waals surface area contributed by atoms with Gasteiger partial charge >= 0.3 is 5.97 Å². The lowest BCUT2D eigenvalue weighted by Gasteiger charge is -2.07. The summed E-state index contributed by atoms with van der Waals surface area (Å²) in [6.45, 7) is 2.00. The van der Waals surface area contributed by atoms with Crippen LogP contribution in [-0.4, -0.2) is 22.9 Å². The molecule has 4 heteroatoms. The van der Waals surface area contributed by atoms with Crippen molar-refractivity contribution in [1.29, 1.82) is 0 Å². The minimum Gasteiger partial charge on any atom is -0.466 e. The van der Waals surface area contributed by atoms with Crippen molar-refractivity contribution in [2.45, 2.75) is 13.3 Å². The van der Waals surface area contributed by atoms with Gasteiger partial charge in [0.15, 0.2) is 5.78 Å². The zero-order valence-corrected chi connectivity index (χ0v) is 12.9. The number of rotatable bonds is 5. The number of carbonyl (C=O) groups is 2. The van der Waals surface area contributed by atoms with E-state index in [1.54, 1.807) is 19.1 Å². The van der Waals surface area contributed by atoms with Gasteiger partial charge in [-0.1, -0.05) is 18.2 Å². The highest BCUT2D eigenvalue weighted by molar-refractivity contribution is 6.06. The van der Waals surface area contributed by atoms with E-state index in [2.05, 4.69) is 22.8 Å². The summed E-state index contributed by atoms with van der Waals surface area (Å²) >= 11 is 0. The monoisotopic (exact) mass is 307 g/mol. The van der Waals surface area contributed by atoms with Gasteiger partial charge in [-0.05, 0) is 48.7 Å². The molecular formula is C19H17NO3. The number of aromatic nitrogens is 1. The van der Waals surface area contributed by atoms with Crippen molar-refractivity contribution >= 4 is 22.7 Å². The molecule has 0 saturated heterocycles. The zero-order valence-electron chi connectivity index (χ0n) is 12.9. The molecule has 0 fully saturated rings. The number of para-hydroxylation sites is 1. The molecule has 0 N–H and O–H groups in total. The Morgan fingerprint density at radius 1 is 1.00 bits per heavy atom. The van der Waals surface area contributed by atoms with Crippen LogP contribution in [-0.2, 0) is 9.53 Å².